The van der Waals surface area contributed by atoms with E-state index in [0.717, 1.165) is 11.8 Å². The molecule has 0 bridgehead atoms. The van der Waals surface area contributed by atoms with Gasteiger partial charge in [0.15, 0.2) is 0 Å². The Morgan fingerprint density at radius 2 is 1.93 bits per heavy atom. The number of hydrogen-bond acceptors (Lipinski definition) is 2. The van der Waals surface area contributed by atoms with Crippen LogP contribution in [0.4, 0.5) is 0 Å². The normalized spacial score (nSPS) is 38.4. The average molecular weight is 211 g/mol. The fourth-order valence-corrected chi connectivity index (χ4v) is 3.31. The molecule has 88 valence electrons. The SMILES string of the molecule is CC1CCCCC1CN1CCCC1CO. The molecule has 0 aromatic heterocycles. The average Bonchev–Trinajstić information content (AvgIpc) is 2.69. The highest BCUT2D eigenvalue weighted by molar-refractivity contribution is 4.83. The smallest absolute Gasteiger partial charge is 0.0586 e. The van der Waals surface area contributed by atoms with Crippen molar-refractivity contribution >= 4 is 0 Å². The fraction of sp³-hybridized carbons (Fsp3) is 1.00. The van der Waals surface area contributed by atoms with E-state index in [1.165, 1.54) is 51.6 Å². The van der Waals surface area contributed by atoms with Crippen LogP contribution in [0.3, 0.4) is 0 Å². The lowest BCUT2D eigenvalue weighted by atomic mass is 9.80. The van der Waals surface area contributed by atoms with Crippen LogP contribution in [0.2, 0.25) is 0 Å². The monoisotopic (exact) mass is 211 g/mol. The van der Waals surface area contributed by atoms with Crippen molar-refractivity contribution < 1.29 is 5.11 Å². The molecule has 0 amide bonds. The molecular weight excluding hydrogens is 186 g/mol. The van der Waals surface area contributed by atoms with Crippen molar-refractivity contribution in [2.75, 3.05) is 19.7 Å². The summed E-state index contributed by atoms with van der Waals surface area (Å²) in [7, 11) is 0. The van der Waals surface area contributed by atoms with Gasteiger partial charge in [0.25, 0.3) is 0 Å². The standard InChI is InChI=1S/C13H25NO/c1-11-5-2-3-6-12(11)9-14-8-4-7-13(14)10-15/h11-13,15H,2-10H2,1H3. The van der Waals surface area contributed by atoms with Gasteiger partial charge in [0.1, 0.15) is 0 Å². The van der Waals surface area contributed by atoms with Crippen molar-refractivity contribution in [2.24, 2.45) is 11.8 Å². The van der Waals surface area contributed by atoms with Crippen LogP contribution in [0, 0.1) is 11.8 Å². The number of aliphatic hydroxyl groups is 1. The van der Waals surface area contributed by atoms with Crippen molar-refractivity contribution in [2.45, 2.75) is 51.5 Å². The first-order valence-corrected chi connectivity index (χ1v) is 6.66. The van der Waals surface area contributed by atoms with Gasteiger partial charge in [-0.05, 0) is 37.6 Å². The molecule has 3 unspecified atom stereocenters. The summed E-state index contributed by atoms with van der Waals surface area (Å²) in [5.74, 6) is 1.80. The van der Waals surface area contributed by atoms with E-state index >= 15 is 0 Å². The molecule has 1 saturated carbocycles. The zero-order valence-electron chi connectivity index (χ0n) is 9.99. The Bertz CT molecular complexity index is 195. The molecule has 15 heavy (non-hydrogen) atoms. The molecule has 2 heteroatoms. The zero-order valence-corrected chi connectivity index (χ0v) is 9.99. The molecule has 2 fully saturated rings. The molecule has 0 radical (unpaired) electrons. The maximum atomic E-state index is 9.29. The highest BCUT2D eigenvalue weighted by Crippen LogP contribution is 2.31. The molecular formula is C13H25NO. The van der Waals surface area contributed by atoms with Gasteiger partial charge in [-0.2, -0.15) is 0 Å². The molecule has 1 saturated heterocycles. The highest BCUT2D eigenvalue weighted by atomic mass is 16.3. The lowest BCUT2D eigenvalue weighted by Gasteiger charge is -2.34. The Balaban J connectivity index is 1.84. The van der Waals surface area contributed by atoms with Crippen LogP contribution in [-0.4, -0.2) is 35.7 Å². The van der Waals surface area contributed by atoms with Crippen LogP contribution in [0.1, 0.15) is 45.4 Å². The summed E-state index contributed by atoms with van der Waals surface area (Å²) < 4.78 is 0. The summed E-state index contributed by atoms with van der Waals surface area (Å²) in [4.78, 5) is 2.53. The summed E-state index contributed by atoms with van der Waals surface area (Å²) in [6.07, 6.45) is 8.18. The Labute approximate surface area is 93.7 Å². The summed E-state index contributed by atoms with van der Waals surface area (Å²) in [6, 6.07) is 0.471. The second kappa shape index (κ2) is 5.31. The molecule has 2 rings (SSSR count). The Morgan fingerprint density at radius 1 is 1.13 bits per heavy atom. The Hall–Kier alpha value is -0.0800. The van der Waals surface area contributed by atoms with Crippen LogP contribution >= 0.6 is 0 Å². The molecule has 2 aliphatic rings. The van der Waals surface area contributed by atoms with Gasteiger partial charge in [-0.15, -0.1) is 0 Å². The van der Waals surface area contributed by atoms with E-state index in [1.807, 2.05) is 0 Å². The third-order valence-electron chi connectivity index (χ3n) is 4.47. The Morgan fingerprint density at radius 3 is 2.67 bits per heavy atom. The molecule has 1 aliphatic carbocycles. The van der Waals surface area contributed by atoms with Crippen LogP contribution in [0.5, 0.6) is 0 Å². The summed E-state index contributed by atoms with van der Waals surface area (Å²) in [5, 5.41) is 9.29. The maximum Gasteiger partial charge on any atom is 0.0586 e. The van der Waals surface area contributed by atoms with E-state index in [9.17, 15) is 5.11 Å². The Kier molecular flexibility index (Phi) is 4.04. The predicted molar refractivity (Wildman–Crippen MR) is 62.8 cm³/mol. The van der Waals surface area contributed by atoms with Crippen LogP contribution in [0.25, 0.3) is 0 Å². The number of nitrogens with zero attached hydrogens (tertiary/aromatic N) is 1. The first-order chi connectivity index (χ1) is 7.31. The van der Waals surface area contributed by atoms with Gasteiger partial charge >= 0.3 is 0 Å². The largest absolute Gasteiger partial charge is 0.395 e. The molecule has 1 heterocycles. The molecule has 0 aromatic rings. The van der Waals surface area contributed by atoms with E-state index in [-0.39, 0.29) is 0 Å². The summed E-state index contributed by atoms with van der Waals surface area (Å²) >= 11 is 0. The topological polar surface area (TPSA) is 23.5 Å². The first-order valence-electron chi connectivity index (χ1n) is 6.66. The van der Waals surface area contributed by atoms with E-state index in [2.05, 4.69) is 11.8 Å². The molecule has 1 N–H and O–H groups in total. The predicted octanol–water partition coefficient (Wildman–Crippen LogP) is 2.27. The second-order valence-corrected chi connectivity index (χ2v) is 5.50. The van der Waals surface area contributed by atoms with Gasteiger partial charge in [0.2, 0.25) is 0 Å². The first kappa shape index (κ1) is 11.4. The van der Waals surface area contributed by atoms with Crippen molar-refractivity contribution in [1.82, 2.24) is 4.90 Å². The van der Waals surface area contributed by atoms with Gasteiger partial charge in [0, 0.05) is 12.6 Å². The van der Waals surface area contributed by atoms with Crippen LogP contribution in [0.15, 0.2) is 0 Å². The quantitative estimate of drug-likeness (QED) is 0.774. The van der Waals surface area contributed by atoms with Crippen molar-refractivity contribution in [1.29, 1.82) is 0 Å². The second-order valence-electron chi connectivity index (χ2n) is 5.50. The molecule has 0 spiro atoms. The number of hydrogen-bond donors (Lipinski definition) is 1. The minimum atomic E-state index is 0.362. The van der Waals surface area contributed by atoms with Gasteiger partial charge in [0.05, 0.1) is 6.61 Å². The van der Waals surface area contributed by atoms with Gasteiger partial charge in [-0.25, -0.2) is 0 Å². The lowest BCUT2D eigenvalue weighted by molar-refractivity contribution is 0.113. The van der Waals surface area contributed by atoms with E-state index < -0.39 is 0 Å². The summed E-state index contributed by atoms with van der Waals surface area (Å²) in [6.45, 7) is 5.23. The molecule has 3 atom stereocenters. The van der Waals surface area contributed by atoms with E-state index in [0.29, 0.717) is 12.6 Å². The van der Waals surface area contributed by atoms with Gasteiger partial charge in [-0.1, -0.05) is 26.2 Å². The number of aliphatic hydroxyl groups excluding tert-OH is 1. The minimum Gasteiger partial charge on any atom is -0.395 e. The third kappa shape index (κ3) is 2.73. The van der Waals surface area contributed by atoms with E-state index in [1.54, 1.807) is 0 Å². The molecule has 0 aromatic carbocycles. The molecule has 2 nitrogen and oxygen atoms in total. The fourth-order valence-electron chi connectivity index (χ4n) is 3.31. The maximum absolute atomic E-state index is 9.29. The van der Waals surface area contributed by atoms with Crippen molar-refractivity contribution in [3.05, 3.63) is 0 Å². The van der Waals surface area contributed by atoms with E-state index in [4.69, 9.17) is 0 Å². The van der Waals surface area contributed by atoms with Crippen molar-refractivity contribution in [3.8, 4) is 0 Å². The lowest BCUT2D eigenvalue weighted by Crippen LogP contribution is -2.38. The third-order valence-corrected chi connectivity index (χ3v) is 4.47. The number of likely N-dealkylation sites (tertiary alicyclic amines) is 1. The van der Waals surface area contributed by atoms with Gasteiger partial charge < -0.3 is 5.11 Å². The van der Waals surface area contributed by atoms with Crippen molar-refractivity contribution in [3.63, 3.8) is 0 Å². The molecule has 1 aliphatic heterocycles. The number of rotatable bonds is 3. The summed E-state index contributed by atoms with van der Waals surface area (Å²) in [5.41, 5.74) is 0. The van der Waals surface area contributed by atoms with Crippen LogP contribution < -0.4 is 0 Å². The highest BCUT2D eigenvalue weighted by Gasteiger charge is 2.29. The zero-order chi connectivity index (χ0) is 10.7. The van der Waals surface area contributed by atoms with Gasteiger partial charge in [-0.3, -0.25) is 4.90 Å². The van der Waals surface area contributed by atoms with Crippen LogP contribution in [-0.2, 0) is 0 Å². The minimum absolute atomic E-state index is 0.362.